The molecule has 1 saturated heterocycles. The van der Waals surface area contributed by atoms with Crippen LogP contribution >= 0.6 is 0 Å². The van der Waals surface area contributed by atoms with E-state index in [0.29, 0.717) is 12.2 Å². The van der Waals surface area contributed by atoms with Crippen LogP contribution in [0.4, 0.5) is 17.1 Å². The molecular weight excluding hydrogens is 404 g/mol. The minimum atomic E-state index is -3.81. The Bertz CT molecular complexity index is 995. The monoisotopic (exact) mass is 432 g/mol. The predicted molar refractivity (Wildman–Crippen MR) is 119 cm³/mol. The fourth-order valence-electron chi connectivity index (χ4n) is 3.88. The van der Waals surface area contributed by atoms with Crippen LogP contribution in [0.25, 0.3) is 0 Å². The van der Waals surface area contributed by atoms with Crippen molar-refractivity contribution in [1.29, 1.82) is 0 Å². The number of benzene rings is 2. The molecule has 0 unspecified atom stereocenters. The molecule has 0 bridgehead atoms. The second kappa shape index (κ2) is 9.01. The molecule has 0 radical (unpaired) electrons. The van der Waals surface area contributed by atoms with E-state index in [-0.39, 0.29) is 22.7 Å². The lowest BCUT2D eigenvalue weighted by Gasteiger charge is -2.31. The Morgan fingerprint density at radius 1 is 1.23 bits per heavy atom. The third-order valence-electron chi connectivity index (χ3n) is 5.21. The zero-order valence-electron chi connectivity index (χ0n) is 17.5. The van der Waals surface area contributed by atoms with Crippen molar-refractivity contribution in [3.63, 3.8) is 0 Å². The fraction of sp³-hybridized carbons (Fsp3) is 0.429. The fourth-order valence-corrected chi connectivity index (χ4v) is 5.16. The average molecular weight is 433 g/mol. The van der Waals surface area contributed by atoms with E-state index in [1.807, 2.05) is 42.3 Å². The largest absolute Gasteiger partial charge is 0.373 e. The molecule has 0 spiro atoms. The lowest BCUT2D eigenvalue weighted by molar-refractivity contribution is -0.384. The number of hydrogen-bond acceptors (Lipinski definition) is 6. The molecule has 3 rings (SSSR count). The van der Waals surface area contributed by atoms with Gasteiger partial charge >= 0.3 is 0 Å². The zero-order valence-corrected chi connectivity index (χ0v) is 18.3. The molecule has 0 amide bonds. The molecule has 1 N–H and O–H groups in total. The predicted octanol–water partition coefficient (Wildman–Crippen LogP) is 3.39. The van der Waals surface area contributed by atoms with Crippen molar-refractivity contribution in [1.82, 2.24) is 4.72 Å². The molecule has 8 nitrogen and oxygen atoms in total. The van der Waals surface area contributed by atoms with Crippen LogP contribution < -0.4 is 14.5 Å². The molecule has 0 aromatic heterocycles. The Kier molecular flexibility index (Phi) is 6.62. The number of hydrogen-bond donors (Lipinski definition) is 1. The van der Waals surface area contributed by atoms with Gasteiger partial charge in [-0.2, -0.15) is 0 Å². The van der Waals surface area contributed by atoms with Crippen LogP contribution in [0, 0.1) is 10.1 Å². The van der Waals surface area contributed by atoms with Crippen molar-refractivity contribution in [3.8, 4) is 0 Å². The van der Waals surface area contributed by atoms with Crippen molar-refractivity contribution in [2.75, 3.05) is 29.9 Å². The van der Waals surface area contributed by atoms with Gasteiger partial charge in [0.2, 0.25) is 10.0 Å². The van der Waals surface area contributed by atoms with Gasteiger partial charge in [0.1, 0.15) is 5.69 Å². The number of nitrogens with one attached hydrogen (secondary N) is 1. The lowest BCUT2D eigenvalue weighted by Crippen LogP contribution is -2.39. The molecule has 30 heavy (non-hydrogen) atoms. The molecule has 1 fully saturated rings. The Balaban J connectivity index is 1.89. The number of sulfonamides is 1. The van der Waals surface area contributed by atoms with E-state index >= 15 is 0 Å². The maximum Gasteiger partial charge on any atom is 0.293 e. The summed E-state index contributed by atoms with van der Waals surface area (Å²) in [4.78, 5) is 15.4. The minimum absolute atomic E-state index is 0.0937. The summed E-state index contributed by atoms with van der Waals surface area (Å²) in [6, 6.07) is 14.0. The van der Waals surface area contributed by atoms with Gasteiger partial charge in [0, 0.05) is 44.0 Å². The van der Waals surface area contributed by atoms with Crippen LogP contribution in [0.15, 0.2) is 53.4 Å². The van der Waals surface area contributed by atoms with Gasteiger partial charge in [0.05, 0.1) is 9.82 Å². The van der Waals surface area contributed by atoms with E-state index in [2.05, 4.69) is 9.62 Å². The van der Waals surface area contributed by atoms with Crippen molar-refractivity contribution >= 4 is 27.1 Å². The summed E-state index contributed by atoms with van der Waals surface area (Å²) >= 11 is 0. The number of likely N-dealkylation sites (N-methyl/N-ethyl adjacent to an activating group) is 1. The Morgan fingerprint density at radius 2 is 1.93 bits per heavy atom. The maximum atomic E-state index is 12.5. The molecule has 0 saturated carbocycles. The number of nitro benzene ring substituents is 1. The molecule has 1 atom stereocenters. The second-order valence-corrected chi connectivity index (χ2v) is 9.60. The highest BCUT2D eigenvalue weighted by Gasteiger charge is 2.32. The molecule has 9 heteroatoms. The minimum Gasteiger partial charge on any atom is -0.373 e. The highest BCUT2D eigenvalue weighted by Crippen LogP contribution is 2.35. The van der Waals surface area contributed by atoms with Crippen LogP contribution in [-0.4, -0.2) is 45.6 Å². The van der Waals surface area contributed by atoms with Gasteiger partial charge in [-0.25, -0.2) is 13.1 Å². The summed E-state index contributed by atoms with van der Waals surface area (Å²) in [5.41, 5.74) is 1.36. The summed E-state index contributed by atoms with van der Waals surface area (Å²) in [7, 11) is -1.80. The van der Waals surface area contributed by atoms with Crippen molar-refractivity contribution in [3.05, 3.63) is 58.6 Å². The molecule has 1 aliphatic rings. The first-order chi connectivity index (χ1) is 14.2. The average Bonchev–Trinajstić information content (AvgIpc) is 3.15. The van der Waals surface area contributed by atoms with Crippen molar-refractivity contribution in [2.45, 2.75) is 43.7 Å². The highest BCUT2D eigenvalue weighted by molar-refractivity contribution is 7.89. The van der Waals surface area contributed by atoms with Crippen LogP contribution in [-0.2, 0) is 10.0 Å². The number of nitrogens with zero attached hydrogens (tertiary/aromatic N) is 3. The SMILES string of the molecule is CC(C)NS(=O)(=O)c1ccc(N2CCC[C@@H]2CN(C)c2ccccc2)c([N+](=O)[O-])c1. The number of rotatable bonds is 8. The molecule has 162 valence electrons. The maximum absolute atomic E-state index is 12.5. The molecule has 1 aliphatic heterocycles. The molecule has 0 aliphatic carbocycles. The van der Waals surface area contributed by atoms with Gasteiger partial charge in [-0.05, 0) is 51.0 Å². The second-order valence-electron chi connectivity index (χ2n) is 7.89. The molecule has 2 aromatic carbocycles. The quantitative estimate of drug-likeness (QED) is 0.507. The van der Waals surface area contributed by atoms with Gasteiger partial charge in [0.15, 0.2) is 0 Å². The Hall–Kier alpha value is -2.65. The zero-order chi connectivity index (χ0) is 21.9. The third kappa shape index (κ3) is 4.91. The highest BCUT2D eigenvalue weighted by atomic mass is 32.2. The van der Waals surface area contributed by atoms with E-state index in [1.54, 1.807) is 19.9 Å². The normalized spacial score (nSPS) is 16.8. The van der Waals surface area contributed by atoms with E-state index in [4.69, 9.17) is 0 Å². The van der Waals surface area contributed by atoms with Crippen molar-refractivity contribution in [2.24, 2.45) is 0 Å². The Morgan fingerprint density at radius 3 is 2.57 bits per heavy atom. The van der Waals surface area contributed by atoms with Gasteiger partial charge in [-0.3, -0.25) is 10.1 Å². The number of para-hydroxylation sites is 1. The van der Waals surface area contributed by atoms with Gasteiger partial charge < -0.3 is 9.80 Å². The van der Waals surface area contributed by atoms with Crippen LogP contribution in [0.1, 0.15) is 26.7 Å². The first kappa shape index (κ1) is 22.0. The summed E-state index contributed by atoms with van der Waals surface area (Å²) in [5.74, 6) is 0. The van der Waals surface area contributed by atoms with Gasteiger partial charge in [-0.1, -0.05) is 18.2 Å². The molecule has 2 aromatic rings. The topological polar surface area (TPSA) is 95.8 Å². The molecule has 1 heterocycles. The number of anilines is 2. The summed E-state index contributed by atoms with van der Waals surface area (Å²) < 4.78 is 27.4. The Labute approximate surface area is 177 Å². The van der Waals surface area contributed by atoms with E-state index in [1.165, 1.54) is 6.07 Å². The summed E-state index contributed by atoms with van der Waals surface area (Å²) in [5, 5.41) is 11.8. The smallest absolute Gasteiger partial charge is 0.293 e. The third-order valence-corrected chi connectivity index (χ3v) is 6.87. The number of nitro groups is 1. The van der Waals surface area contributed by atoms with Crippen LogP contribution in [0.2, 0.25) is 0 Å². The first-order valence-electron chi connectivity index (χ1n) is 10.0. The van der Waals surface area contributed by atoms with E-state index in [0.717, 1.165) is 31.1 Å². The summed E-state index contributed by atoms with van der Waals surface area (Å²) in [6.07, 6.45) is 1.85. The summed E-state index contributed by atoms with van der Waals surface area (Å²) in [6.45, 7) is 4.83. The van der Waals surface area contributed by atoms with Crippen LogP contribution in [0.5, 0.6) is 0 Å². The van der Waals surface area contributed by atoms with E-state index in [9.17, 15) is 18.5 Å². The first-order valence-corrected chi connectivity index (χ1v) is 11.5. The standard InChI is InChI=1S/C21H28N4O4S/c1-16(2)22-30(28,29)19-11-12-20(21(14-19)25(26)27)24-13-7-10-18(24)15-23(3)17-8-5-4-6-9-17/h4-6,8-9,11-12,14,16,18,22H,7,10,13,15H2,1-3H3/t18-/m1/s1. The van der Waals surface area contributed by atoms with Gasteiger partial charge in [-0.15, -0.1) is 0 Å². The van der Waals surface area contributed by atoms with Crippen molar-refractivity contribution < 1.29 is 13.3 Å². The van der Waals surface area contributed by atoms with Gasteiger partial charge in [0.25, 0.3) is 5.69 Å². The van der Waals surface area contributed by atoms with Crippen LogP contribution in [0.3, 0.4) is 0 Å². The van der Waals surface area contributed by atoms with E-state index < -0.39 is 14.9 Å². The lowest BCUT2D eigenvalue weighted by atomic mass is 10.1. The molecular formula is C21H28N4O4S.